The minimum absolute atomic E-state index is 0.0796. The first-order chi connectivity index (χ1) is 9.85. The van der Waals surface area contributed by atoms with Gasteiger partial charge in [-0.1, -0.05) is 53.6 Å². The molecule has 0 spiro atoms. The van der Waals surface area contributed by atoms with Crippen LogP contribution in [0.1, 0.15) is 29.7 Å². The Labute approximate surface area is 131 Å². The molecule has 112 valence electrons. The highest BCUT2D eigenvalue weighted by Gasteiger charge is 2.16. The van der Waals surface area contributed by atoms with Crippen molar-refractivity contribution in [2.45, 2.75) is 25.6 Å². The van der Waals surface area contributed by atoms with Crippen molar-refractivity contribution in [2.24, 2.45) is 0 Å². The molecule has 0 fully saturated rings. The van der Waals surface area contributed by atoms with Crippen LogP contribution >= 0.6 is 11.6 Å². The molecule has 0 aliphatic rings. The Bertz CT molecular complexity index is 711. The quantitative estimate of drug-likeness (QED) is 0.909. The molecule has 21 heavy (non-hydrogen) atoms. The van der Waals surface area contributed by atoms with Gasteiger partial charge in [0.05, 0.1) is 5.75 Å². The van der Waals surface area contributed by atoms with Crippen LogP contribution in [0.5, 0.6) is 0 Å². The third-order valence-corrected chi connectivity index (χ3v) is 4.84. The van der Waals surface area contributed by atoms with Gasteiger partial charge in [-0.25, -0.2) is 13.1 Å². The second-order valence-corrected chi connectivity index (χ2v) is 7.33. The zero-order valence-corrected chi connectivity index (χ0v) is 13.6. The largest absolute Gasteiger partial charge is 0.216 e. The molecule has 0 aromatic heterocycles. The fourth-order valence-electron chi connectivity index (χ4n) is 2.08. The molecule has 1 atom stereocenters. The van der Waals surface area contributed by atoms with Crippen molar-refractivity contribution in [3.63, 3.8) is 0 Å². The maximum atomic E-state index is 12.2. The third-order valence-electron chi connectivity index (χ3n) is 3.18. The van der Waals surface area contributed by atoms with E-state index in [1.165, 1.54) is 0 Å². The highest BCUT2D eigenvalue weighted by Crippen LogP contribution is 2.17. The number of hydrogen-bond acceptors (Lipinski definition) is 2. The monoisotopic (exact) mass is 323 g/mol. The van der Waals surface area contributed by atoms with Gasteiger partial charge in [0.2, 0.25) is 10.0 Å². The first-order valence-electron chi connectivity index (χ1n) is 6.67. The van der Waals surface area contributed by atoms with E-state index in [1.54, 1.807) is 24.3 Å². The van der Waals surface area contributed by atoms with E-state index in [-0.39, 0.29) is 11.8 Å². The highest BCUT2D eigenvalue weighted by molar-refractivity contribution is 7.88. The second-order valence-electron chi connectivity index (χ2n) is 5.14. The number of hydrogen-bond donors (Lipinski definition) is 1. The van der Waals surface area contributed by atoms with Crippen molar-refractivity contribution >= 4 is 21.6 Å². The van der Waals surface area contributed by atoms with Gasteiger partial charge in [-0.05, 0) is 37.1 Å². The van der Waals surface area contributed by atoms with Crippen molar-refractivity contribution < 1.29 is 8.42 Å². The SMILES string of the molecule is Cc1ccc([C@H](C)NS(=O)(=O)Cc2cccc(Cl)c2)cc1. The number of sulfonamides is 1. The van der Waals surface area contributed by atoms with Gasteiger partial charge in [-0.15, -0.1) is 0 Å². The molecular weight excluding hydrogens is 306 g/mol. The lowest BCUT2D eigenvalue weighted by Gasteiger charge is -2.15. The summed E-state index contributed by atoms with van der Waals surface area (Å²) in [4.78, 5) is 0. The van der Waals surface area contributed by atoms with Gasteiger partial charge in [-0.2, -0.15) is 0 Å². The lowest BCUT2D eigenvalue weighted by Crippen LogP contribution is -2.28. The van der Waals surface area contributed by atoms with Crippen molar-refractivity contribution in [3.8, 4) is 0 Å². The van der Waals surface area contributed by atoms with Crippen molar-refractivity contribution in [1.29, 1.82) is 0 Å². The molecule has 1 N–H and O–H groups in total. The predicted octanol–water partition coefficient (Wildman–Crippen LogP) is 3.83. The Kier molecular flexibility index (Phi) is 5.04. The summed E-state index contributed by atoms with van der Waals surface area (Å²) in [6.45, 7) is 3.83. The van der Waals surface area contributed by atoms with Crippen LogP contribution in [0.3, 0.4) is 0 Å². The van der Waals surface area contributed by atoms with Crippen molar-refractivity contribution in [3.05, 3.63) is 70.2 Å². The van der Waals surface area contributed by atoms with E-state index in [9.17, 15) is 8.42 Å². The smallest absolute Gasteiger partial charge is 0.212 e. The standard InChI is InChI=1S/C16H18ClNO2S/c1-12-6-8-15(9-7-12)13(2)18-21(19,20)11-14-4-3-5-16(17)10-14/h3-10,13,18H,11H2,1-2H3/t13-/m0/s1. The Balaban J connectivity index is 2.08. The zero-order chi connectivity index (χ0) is 15.5. The molecule has 0 aliphatic heterocycles. The topological polar surface area (TPSA) is 46.2 Å². The van der Waals surface area contributed by atoms with Gasteiger partial charge in [0.15, 0.2) is 0 Å². The van der Waals surface area contributed by atoms with E-state index in [0.717, 1.165) is 11.1 Å². The summed E-state index contributed by atoms with van der Waals surface area (Å²) in [5.74, 6) is -0.0796. The summed E-state index contributed by atoms with van der Waals surface area (Å²) in [5, 5.41) is 0.536. The van der Waals surface area contributed by atoms with Gasteiger partial charge < -0.3 is 0 Å². The number of aryl methyl sites for hydroxylation is 1. The van der Waals surface area contributed by atoms with Crippen molar-refractivity contribution in [1.82, 2.24) is 4.72 Å². The number of nitrogens with one attached hydrogen (secondary N) is 1. The van der Waals surface area contributed by atoms with E-state index in [4.69, 9.17) is 11.6 Å². The van der Waals surface area contributed by atoms with Crippen LogP contribution in [0.2, 0.25) is 5.02 Å². The zero-order valence-electron chi connectivity index (χ0n) is 12.0. The van der Waals surface area contributed by atoms with Crippen LogP contribution < -0.4 is 4.72 Å². The molecular formula is C16H18ClNO2S. The lowest BCUT2D eigenvalue weighted by atomic mass is 10.1. The molecule has 2 aromatic rings. The summed E-state index contributed by atoms with van der Waals surface area (Å²) in [6.07, 6.45) is 0. The lowest BCUT2D eigenvalue weighted by molar-refractivity contribution is 0.566. The number of rotatable bonds is 5. The molecule has 0 radical (unpaired) electrons. The normalized spacial score (nSPS) is 13.1. The van der Waals surface area contributed by atoms with Gasteiger partial charge >= 0.3 is 0 Å². The number of benzene rings is 2. The maximum Gasteiger partial charge on any atom is 0.216 e. The summed E-state index contributed by atoms with van der Waals surface area (Å²) >= 11 is 5.87. The van der Waals surface area contributed by atoms with E-state index in [1.807, 2.05) is 38.1 Å². The summed E-state index contributed by atoms with van der Waals surface area (Å²) in [5.41, 5.74) is 2.76. The fourth-order valence-corrected chi connectivity index (χ4v) is 3.67. The molecule has 2 rings (SSSR count). The average Bonchev–Trinajstić information content (AvgIpc) is 2.38. The van der Waals surface area contributed by atoms with Crippen LogP contribution in [0, 0.1) is 6.92 Å². The molecule has 0 saturated heterocycles. The maximum absolute atomic E-state index is 12.2. The molecule has 0 saturated carbocycles. The third kappa shape index (κ3) is 4.84. The first-order valence-corrected chi connectivity index (χ1v) is 8.70. The summed E-state index contributed by atoms with van der Waals surface area (Å²) in [6, 6.07) is 14.4. The van der Waals surface area contributed by atoms with E-state index >= 15 is 0 Å². The predicted molar refractivity (Wildman–Crippen MR) is 86.8 cm³/mol. The van der Waals surface area contributed by atoms with Crippen molar-refractivity contribution in [2.75, 3.05) is 0 Å². The molecule has 5 heteroatoms. The van der Waals surface area contributed by atoms with Crippen LogP contribution in [0.15, 0.2) is 48.5 Å². The Morgan fingerprint density at radius 1 is 1.14 bits per heavy atom. The Morgan fingerprint density at radius 2 is 1.81 bits per heavy atom. The number of halogens is 1. The van der Waals surface area contributed by atoms with Crippen LogP contribution in [-0.2, 0) is 15.8 Å². The van der Waals surface area contributed by atoms with E-state index < -0.39 is 10.0 Å². The van der Waals surface area contributed by atoms with Gasteiger partial charge in [0.25, 0.3) is 0 Å². The van der Waals surface area contributed by atoms with Crippen LogP contribution in [0.4, 0.5) is 0 Å². The Morgan fingerprint density at radius 3 is 2.43 bits per heavy atom. The second kappa shape index (κ2) is 6.60. The van der Waals surface area contributed by atoms with E-state index in [2.05, 4.69) is 4.72 Å². The molecule has 0 bridgehead atoms. The molecule has 3 nitrogen and oxygen atoms in total. The average molecular weight is 324 g/mol. The minimum atomic E-state index is -3.42. The van der Waals surface area contributed by atoms with Crippen LogP contribution in [0.25, 0.3) is 0 Å². The Hall–Kier alpha value is -1.36. The molecule has 0 heterocycles. The molecule has 0 aliphatic carbocycles. The molecule has 2 aromatic carbocycles. The van der Waals surface area contributed by atoms with E-state index in [0.29, 0.717) is 10.6 Å². The summed E-state index contributed by atoms with van der Waals surface area (Å²) in [7, 11) is -3.42. The van der Waals surface area contributed by atoms with Gasteiger partial charge in [0, 0.05) is 11.1 Å². The highest BCUT2D eigenvalue weighted by atomic mass is 35.5. The van der Waals surface area contributed by atoms with Crippen LogP contribution in [-0.4, -0.2) is 8.42 Å². The molecule has 0 unspecified atom stereocenters. The minimum Gasteiger partial charge on any atom is -0.212 e. The summed E-state index contributed by atoms with van der Waals surface area (Å²) < 4.78 is 27.1. The first kappa shape index (κ1) is 16.0. The van der Waals surface area contributed by atoms with Gasteiger partial charge in [0.1, 0.15) is 0 Å². The fraction of sp³-hybridized carbons (Fsp3) is 0.250. The molecule has 0 amide bonds. The van der Waals surface area contributed by atoms with Gasteiger partial charge in [-0.3, -0.25) is 0 Å².